The molecule has 0 bridgehead atoms. The van der Waals surface area contributed by atoms with Crippen molar-refractivity contribution < 1.29 is 19.0 Å². The molecule has 0 saturated heterocycles. The second-order valence-corrected chi connectivity index (χ2v) is 4.63. The van der Waals surface area contributed by atoms with Crippen LogP contribution in [0.4, 0.5) is 5.69 Å². The van der Waals surface area contributed by atoms with Gasteiger partial charge in [-0.1, -0.05) is 18.2 Å². The molecule has 0 heterocycles. The third-order valence-corrected chi connectivity index (χ3v) is 3.22. The summed E-state index contributed by atoms with van der Waals surface area (Å²) in [6.07, 6.45) is 3.14. The standard InChI is InChI=1S/C18H19NO4/c1-21-14-9-10-15(17(12-14)23-3)19-18(20)11-8-13-6-4-5-7-16(13)22-2/h4-12H,1-3H3,(H,19,20)/b11-8+. The van der Waals surface area contributed by atoms with E-state index in [9.17, 15) is 4.79 Å². The van der Waals surface area contributed by atoms with Crippen LogP contribution >= 0.6 is 0 Å². The molecule has 2 rings (SSSR count). The van der Waals surface area contributed by atoms with Crippen molar-refractivity contribution in [3.05, 3.63) is 54.1 Å². The second-order valence-electron chi connectivity index (χ2n) is 4.63. The molecule has 5 nitrogen and oxygen atoms in total. The number of anilines is 1. The molecule has 5 heteroatoms. The van der Waals surface area contributed by atoms with E-state index < -0.39 is 0 Å². The number of ether oxygens (including phenoxy) is 3. The van der Waals surface area contributed by atoms with Crippen LogP contribution in [0.1, 0.15) is 5.56 Å². The van der Waals surface area contributed by atoms with E-state index in [1.807, 2.05) is 24.3 Å². The number of hydrogen-bond acceptors (Lipinski definition) is 4. The highest BCUT2D eigenvalue weighted by molar-refractivity contribution is 6.03. The Balaban J connectivity index is 2.12. The van der Waals surface area contributed by atoms with E-state index in [4.69, 9.17) is 14.2 Å². The summed E-state index contributed by atoms with van der Waals surface area (Å²) in [5.41, 5.74) is 1.40. The zero-order valence-electron chi connectivity index (χ0n) is 13.3. The predicted molar refractivity (Wildman–Crippen MR) is 90.2 cm³/mol. The Hall–Kier alpha value is -2.95. The van der Waals surface area contributed by atoms with Crippen LogP contribution in [0, 0.1) is 0 Å². The molecule has 120 valence electrons. The van der Waals surface area contributed by atoms with Gasteiger partial charge in [-0.15, -0.1) is 0 Å². The minimum Gasteiger partial charge on any atom is -0.497 e. The van der Waals surface area contributed by atoms with Gasteiger partial charge in [-0.05, 0) is 24.3 Å². The average molecular weight is 313 g/mol. The van der Waals surface area contributed by atoms with E-state index in [1.165, 1.54) is 13.2 Å². The van der Waals surface area contributed by atoms with Gasteiger partial charge in [0.25, 0.3) is 0 Å². The molecule has 2 aromatic carbocycles. The summed E-state index contributed by atoms with van der Waals surface area (Å²) in [5, 5.41) is 2.77. The first-order valence-electron chi connectivity index (χ1n) is 7.02. The monoisotopic (exact) mass is 313 g/mol. The highest BCUT2D eigenvalue weighted by atomic mass is 16.5. The molecule has 0 aromatic heterocycles. The van der Waals surface area contributed by atoms with Gasteiger partial charge in [-0.2, -0.15) is 0 Å². The summed E-state index contributed by atoms with van der Waals surface area (Å²) in [4.78, 5) is 12.1. The van der Waals surface area contributed by atoms with Crippen LogP contribution in [0.3, 0.4) is 0 Å². The molecule has 0 spiro atoms. The first-order chi connectivity index (χ1) is 11.2. The highest BCUT2D eigenvalue weighted by Gasteiger charge is 2.07. The molecular weight excluding hydrogens is 294 g/mol. The van der Waals surface area contributed by atoms with Crippen molar-refractivity contribution in [2.24, 2.45) is 0 Å². The maximum Gasteiger partial charge on any atom is 0.248 e. The Morgan fingerprint density at radius 1 is 0.957 bits per heavy atom. The highest BCUT2D eigenvalue weighted by Crippen LogP contribution is 2.29. The Bertz CT molecular complexity index is 710. The summed E-state index contributed by atoms with van der Waals surface area (Å²) in [5.74, 6) is 1.63. The topological polar surface area (TPSA) is 56.8 Å². The predicted octanol–water partition coefficient (Wildman–Crippen LogP) is 3.36. The normalized spacial score (nSPS) is 10.4. The lowest BCUT2D eigenvalue weighted by molar-refractivity contribution is -0.111. The third kappa shape index (κ3) is 4.26. The summed E-state index contributed by atoms with van der Waals surface area (Å²) in [6.45, 7) is 0. The maximum absolute atomic E-state index is 12.1. The van der Waals surface area contributed by atoms with E-state index in [2.05, 4.69) is 5.32 Å². The maximum atomic E-state index is 12.1. The second kappa shape index (κ2) is 7.89. The summed E-state index contributed by atoms with van der Waals surface area (Å²) < 4.78 is 15.6. The van der Waals surface area contributed by atoms with Crippen molar-refractivity contribution >= 4 is 17.7 Å². The molecule has 2 aromatic rings. The van der Waals surface area contributed by atoms with Crippen molar-refractivity contribution in [2.45, 2.75) is 0 Å². The number of nitrogens with one attached hydrogen (secondary N) is 1. The number of methoxy groups -OCH3 is 3. The number of hydrogen-bond donors (Lipinski definition) is 1. The van der Waals surface area contributed by atoms with E-state index >= 15 is 0 Å². The van der Waals surface area contributed by atoms with Crippen LogP contribution in [0.15, 0.2) is 48.5 Å². The summed E-state index contributed by atoms with van der Waals surface area (Å²) >= 11 is 0. The van der Waals surface area contributed by atoms with Crippen LogP contribution in [0.2, 0.25) is 0 Å². The molecule has 23 heavy (non-hydrogen) atoms. The van der Waals surface area contributed by atoms with Gasteiger partial charge < -0.3 is 19.5 Å². The Morgan fingerprint density at radius 3 is 2.39 bits per heavy atom. The van der Waals surface area contributed by atoms with Gasteiger partial charge in [0.15, 0.2) is 0 Å². The zero-order chi connectivity index (χ0) is 16.7. The number of carbonyl (C=O) groups excluding carboxylic acids is 1. The fourth-order valence-electron chi connectivity index (χ4n) is 2.05. The van der Waals surface area contributed by atoms with Crippen LogP contribution in [0.5, 0.6) is 17.2 Å². The van der Waals surface area contributed by atoms with E-state index in [0.29, 0.717) is 22.9 Å². The van der Waals surface area contributed by atoms with Crippen LogP contribution < -0.4 is 19.5 Å². The molecule has 0 fully saturated rings. The molecule has 0 saturated carbocycles. The minimum absolute atomic E-state index is 0.264. The molecule has 0 unspecified atom stereocenters. The molecule has 0 radical (unpaired) electrons. The Labute approximate surface area is 135 Å². The fraction of sp³-hybridized carbons (Fsp3) is 0.167. The van der Waals surface area contributed by atoms with Crippen molar-refractivity contribution in [3.63, 3.8) is 0 Å². The molecule has 0 atom stereocenters. The van der Waals surface area contributed by atoms with Gasteiger partial charge in [-0.3, -0.25) is 4.79 Å². The first-order valence-corrected chi connectivity index (χ1v) is 7.02. The molecule has 0 aliphatic carbocycles. The first kappa shape index (κ1) is 16.4. The van der Waals surface area contributed by atoms with Gasteiger partial charge in [0, 0.05) is 17.7 Å². The number of benzene rings is 2. The average Bonchev–Trinajstić information content (AvgIpc) is 2.60. The van der Waals surface area contributed by atoms with Crippen molar-refractivity contribution in [3.8, 4) is 17.2 Å². The lowest BCUT2D eigenvalue weighted by Crippen LogP contribution is -2.09. The van der Waals surface area contributed by atoms with Gasteiger partial charge in [0.05, 0.1) is 27.0 Å². The smallest absolute Gasteiger partial charge is 0.248 e. The van der Waals surface area contributed by atoms with Crippen LogP contribution in [0.25, 0.3) is 6.08 Å². The lowest BCUT2D eigenvalue weighted by Gasteiger charge is -2.10. The summed E-state index contributed by atoms with van der Waals surface area (Å²) in [6, 6.07) is 12.7. The van der Waals surface area contributed by atoms with E-state index in [0.717, 1.165) is 5.56 Å². The van der Waals surface area contributed by atoms with Gasteiger partial charge in [0.1, 0.15) is 17.2 Å². The minimum atomic E-state index is -0.264. The fourth-order valence-corrected chi connectivity index (χ4v) is 2.05. The van der Waals surface area contributed by atoms with Crippen LogP contribution in [-0.4, -0.2) is 27.2 Å². The van der Waals surface area contributed by atoms with Gasteiger partial charge in [0.2, 0.25) is 5.91 Å². The van der Waals surface area contributed by atoms with E-state index in [1.54, 1.807) is 38.5 Å². The number of amides is 1. The number of rotatable bonds is 6. The molecule has 0 aliphatic heterocycles. The van der Waals surface area contributed by atoms with Crippen molar-refractivity contribution in [2.75, 3.05) is 26.6 Å². The Morgan fingerprint density at radius 2 is 1.70 bits per heavy atom. The van der Waals surface area contributed by atoms with Gasteiger partial charge >= 0.3 is 0 Å². The van der Waals surface area contributed by atoms with Crippen LogP contribution in [-0.2, 0) is 4.79 Å². The third-order valence-electron chi connectivity index (χ3n) is 3.22. The van der Waals surface area contributed by atoms with E-state index in [-0.39, 0.29) is 5.91 Å². The number of para-hydroxylation sites is 1. The van der Waals surface area contributed by atoms with Crippen molar-refractivity contribution in [1.29, 1.82) is 0 Å². The largest absolute Gasteiger partial charge is 0.497 e. The van der Waals surface area contributed by atoms with Crippen molar-refractivity contribution in [1.82, 2.24) is 0 Å². The quantitative estimate of drug-likeness (QED) is 0.831. The molecule has 1 amide bonds. The zero-order valence-corrected chi connectivity index (χ0v) is 13.3. The van der Waals surface area contributed by atoms with Gasteiger partial charge in [-0.25, -0.2) is 0 Å². The summed E-state index contributed by atoms with van der Waals surface area (Å²) in [7, 11) is 4.70. The Kier molecular flexibility index (Phi) is 5.63. The number of carbonyl (C=O) groups is 1. The lowest BCUT2D eigenvalue weighted by atomic mass is 10.2. The molecule has 1 N–H and O–H groups in total. The SMILES string of the molecule is COc1ccc(NC(=O)/C=C/c2ccccc2OC)c(OC)c1. The molecular formula is C18H19NO4. The molecule has 0 aliphatic rings.